The maximum Gasteiger partial charge on any atom is 0.198 e. The van der Waals surface area contributed by atoms with Crippen LogP contribution in [-0.2, 0) is 6.54 Å². The number of fused-ring (bicyclic) bond motifs is 1. The molecule has 0 aliphatic heterocycles. The average Bonchev–Trinajstić information content (AvgIpc) is 2.65. The number of quaternary nitrogens is 1. The molecule has 3 nitrogen and oxygen atoms in total. The van der Waals surface area contributed by atoms with Crippen LogP contribution in [0.25, 0.3) is 22.2 Å². The van der Waals surface area contributed by atoms with E-state index < -0.39 is 0 Å². The van der Waals surface area contributed by atoms with Gasteiger partial charge < -0.3 is 9.88 Å². The van der Waals surface area contributed by atoms with Gasteiger partial charge in [-0.05, 0) is 36.8 Å². The molecule has 3 heteroatoms. The maximum absolute atomic E-state index is 13.3. The first-order valence-corrected chi connectivity index (χ1v) is 8.90. The van der Waals surface area contributed by atoms with Gasteiger partial charge in [0.15, 0.2) is 5.43 Å². The number of rotatable bonds is 7. The summed E-state index contributed by atoms with van der Waals surface area (Å²) in [5.74, 6) is 0. The molecule has 0 amide bonds. The molecule has 0 saturated heterocycles. The van der Waals surface area contributed by atoms with E-state index in [0.717, 1.165) is 46.4 Å². The van der Waals surface area contributed by atoms with Crippen molar-refractivity contribution >= 4 is 10.9 Å². The minimum absolute atomic E-state index is 0.104. The normalized spacial score (nSPS) is 11.0. The number of nitrogens with one attached hydrogen (secondary N) is 2. The molecule has 132 valence electrons. The first-order chi connectivity index (χ1) is 12.6. The second-order valence-corrected chi connectivity index (χ2v) is 6.64. The highest BCUT2D eigenvalue weighted by Gasteiger charge is 2.18. The number of benzene rings is 2. The van der Waals surface area contributed by atoms with Gasteiger partial charge in [-0.1, -0.05) is 55.1 Å². The van der Waals surface area contributed by atoms with Crippen molar-refractivity contribution in [1.29, 1.82) is 0 Å². The summed E-state index contributed by atoms with van der Waals surface area (Å²) in [6.45, 7) is 11.9. The quantitative estimate of drug-likeness (QED) is 0.634. The molecule has 2 N–H and O–H groups in total. The fourth-order valence-electron chi connectivity index (χ4n) is 3.35. The van der Waals surface area contributed by atoms with Crippen LogP contribution in [0.1, 0.15) is 11.1 Å². The molecule has 0 unspecified atom stereocenters. The van der Waals surface area contributed by atoms with Gasteiger partial charge in [0.2, 0.25) is 0 Å². The molecule has 1 heterocycles. The lowest BCUT2D eigenvalue weighted by molar-refractivity contribution is -0.902. The lowest BCUT2D eigenvalue weighted by Gasteiger charge is -2.18. The molecule has 0 fully saturated rings. The van der Waals surface area contributed by atoms with Crippen LogP contribution in [0.5, 0.6) is 0 Å². The highest BCUT2D eigenvalue weighted by Crippen LogP contribution is 2.22. The van der Waals surface area contributed by atoms with E-state index in [-0.39, 0.29) is 5.43 Å². The summed E-state index contributed by atoms with van der Waals surface area (Å²) in [6.07, 6.45) is 3.78. The van der Waals surface area contributed by atoms with E-state index in [0.29, 0.717) is 6.54 Å². The Morgan fingerprint density at radius 1 is 1.04 bits per heavy atom. The highest BCUT2D eigenvalue weighted by molar-refractivity contribution is 5.83. The predicted octanol–water partition coefficient (Wildman–Crippen LogP) is 3.26. The largest absolute Gasteiger partial charge is 0.354 e. The third-order valence-corrected chi connectivity index (χ3v) is 4.61. The van der Waals surface area contributed by atoms with Crippen molar-refractivity contribution < 1.29 is 4.90 Å². The lowest BCUT2D eigenvalue weighted by Crippen LogP contribution is -3.10. The number of hydrogen-bond acceptors (Lipinski definition) is 1. The summed E-state index contributed by atoms with van der Waals surface area (Å²) < 4.78 is 0. The van der Waals surface area contributed by atoms with E-state index in [4.69, 9.17) is 0 Å². The van der Waals surface area contributed by atoms with Gasteiger partial charge >= 0.3 is 0 Å². The Labute approximate surface area is 154 Å². The molecular formula is C23H25N2O+. The van der Waals surface area contributed by atoms with Crippen LogP contribution < -0.4 is 10.3 Å². The number of aromatic nitrogens is 1. The van der Waals surface area contributed by atoms with E-state index in [1.54, 1.807) is 0 Å². The summed E-state index contributed by atoms with van der Waals surface area (Å²) in [4.78, 5) is 18.1. The van der Waals surface area contributed by atoms with Gasteiger partial charge in [0.25, 0.3) is 0 Å². The zero-order chi connectivity index (χ0) is 18.5. The van der Waals surface area contributed by atoms with Gasteiger partial charge in [0.1, 0.15) is 6.54 Å². The number of aromatic amines is 1. The Hall–Kier alpha value is -2.91. The van der Waals surface area contributed by atoms with Gasteiger partial charge in [-0.3, -0.25) is 4.79 Å². The molecule has 0 atom stereocenters. The predicted molar refractivity (Wildman–Crippen MR) is 110 cm³/mol. The summed E-state index contributed by atoms with van der Waals surface area (Å²) in [7, 11) is 0. The zero-order valence-electron chi connectivity index (χ0n) is 15.2. The van der Waals surface area contributed by atoms with E-state index in [9.17, 15) is 4.79 Å². The van der Waals surface area contributed by atoms with Gasteiger partial charge in [-0.25, -0.2) is 0 Å². The highest BCUT2D eigenvalue weighted by atomic mass is 16.1. The Balaban J connectivity index is 2.22. The first-order valence-electron chi connectivity index (χ1n) is 8.90. The van der Waals surface area contributed by atoms with Crippen LogP contribution in [0.4, 0.5) is 0 Å². The minimum atomic E-state index is 0.104. The van der Waals surface area contributed by atoms with Crippen LogP contribution in [-0.4, -0.2) is 18.1 Å². The molecule has 3 rings (SSSR count). The number of H-pyrrole nitrogens is 1. The van der Waals surface area contributed by atoms with Crippen molar-refractivity contribution in [2.75, 3.05) is 13.1 Å². The van der Waals surface area contributed by atoms with Crippen LogP contribution in [0.3, 0.4) is 0 Å². The standard InChI is InChI=1S/C23H24N2O/c1-4-13-25(14-5-2)16-20-22(18-9-7-6-8-10-18)24-21-12-11-17(3)15-19(21)23(20)26/h4-12,15H,1-2,13-14,16H2,3H3,(H,24,26)/p+1. The fourth-order valence-corrected chi connectivity index (χ4v) is 3.35. The van der Waals surface area contributed by atoms with Gasteiger partial charge in [0.05, 0.1) is 24.3 Å². The maximum atomic E-state index is 13.3. The molecular weight excluding hydrogens is 320 g/mol. The summed E-state index contributed by atoms with van der Waals surface area (Å²) in [6, 6.07) is 16.0. The van der Waals surface area contributed by atoms with Crippen molar-refractivity contribution in [2.45, 2.75) is 13.5 Å². The Bertz CT molecular complexity index is 976. The van der Waals surface area contributed by atoms with Gasteiger partial charge in [0, 0.05) is 10.9 Å². The zero-order valence-corrected chi connectivity index (χ0v) is 15.2. The van der Waals surface area contributed by atoms with E-state index >= 15 is 0 Å². The number of hydrogen-bond donors (Lipinski definition) is 2. The molecule has 2 aromatic carbocycles. The molecule has 0 saturated carbocycles. The van der Waals surface area contributed by atoms with Crippen LogP contribution >= 0.6 is 0 Å². The minimum Gasteiger partial charge on any atom is -0.354 e. The topological polar surface area (TPSA) is 37.3 Å². The van der Waals surface area contributed by atoms with Crippen LogP contribution in [0.15, 0.2) is 78.6 Å². The number of aryl methyl sites for hydroxylation is 1. The summed E-state index contributed by atoms with van der Waals surface area (Å²) in [5.41, 5.74) is 4.80. The molecule has 0 aliphatic carbocycles. The molecule has 0 bridgehead atoms. The van der Waals surface area contributed by atoms with Crippen molar-refractivity contribution in [2.24, 2.45) is 0 Å². The van der Waals surface area contributed by atoms with Crippen molar-refractivity contribution in [1.82, 2.24) is 4.98 Å². The fraction of sp³-hybridized carbons (Fsp3) is 0.174. The second kappa shape index (κ2) is 7.98. The van der Waals surface area contributed by atoms with Crippen molar-refractivity contribution in [3.8, 4) is 11.3 Å². The van der Waals surface area contributed by atoms with E-state index in [2.05, 4.69) is 18.1 Å². The third-order valence-electron chi connectivity index (χ3n) is 4.61. The monoisotopic (exact) mass is 345 g/mol. The van der Waals surface area contributed by atoms with Gasteiger partial charge in [-0.2, -0.15) is 0 Å². The Morgan fingerprint density at radius 2 is 1.73 bits per heavy atom. The summed E-state index contributed by atoms with van der Waals surface area (Å²) in [5, 5.41) is 0.747. The lowest BCUT2D eigenvalue weighted by atomic mass is 10.0. The molecule has 0 spiro atoms. The average molecular weight is 345 g/mol. The molecule has 26 heavy (non-hydrogen) atoms. The Morgan fingerprint density at radius 3 is 2.38 bits per heavy atom. The smallest absolute Gasteiger partial charge is 0.198 e. The molecule has 0 aliphatic rings. The SMILES string of the molecule is C=CC[NH+](CC=C)Cc1c(-c2ccccc2)[nH]c2ccc(C)cc2c1=O. The second-order valence-electron chi connectivity index (χ2n) is 6.64. The van der Waals surface area contributed by atoms with Gasteiger partial charge in [-0.15, -0.1) is 0 Å². The molecule has 0 radical (unpaired) electrons. The Kier molecular flexibility index (Phi) is 5.49. The number of pyridine rings is 1. The van der Waals surface area contributed by atoms with E-state index in [1.165, 1.54) is 4.90 Å². The summed E-state index contributed by atoms with van der Waals surface area (Å²) >= 11 is 0. The van der Waals surface area contributed by atoms with Crippen molar-refractivity contribution in [3.63, 3.8) is 0 Å². The van der Waals surface area contributed by atoms with Crippen LogP contribution in [0, 0.1) is 6.92 Å². The van der Waals surface area contributed by atoms with Crippen molar-refractivity contribution in [3.05, 3.63) is 95.2 Å². The molecule has 1 aromatic heterocycles. The van der Waals surface area contributed by atoms with E-state index in [1.807, 2.05) is 67.6 Å². The first kappa shape index (κ1) is 17.9. The third kappa shape index (κ3) is 3.68. The van der Waals surface area contributed by atoms with Crippen LogP contribution in [0.2, 0.25) is 0 Å². The molecule has 3 aromatic rings.